The van der Waals surface area contributed by atoms with Gasteiger partial charge in [0.15, 0.2) is 0 Å². The number of benzene rings is 1. The third-order valence-corrected chi connectivity index (χ3v) is 3.59. The number of halogens is 1. The first-order valence-electron chi connectivity index (χ1n) is 6.42. The summed E-state index contributed by atoms with van der Waals surface area (Å²) in [6.07, 6.45) is 0.302. The van der Waals surface area contributed by atoms with Gasteiger partial charge in [-0.15, -0.1) is 0 Å². The zero-order chi connectivity index (χ0) is 13.0. The van der Waals surface area contributed by atoms with Crippen LogP contribution < -0.4 is 5.32 Å². The lowest BCUT2D eigenvalue weighted by Gasteiger charge is -2.33. The molecule has 3 nitrogen and oxygen atoms in total. The normalized spacial score (nSPS) is 21.2. The summed E-state index contributed by atoms with van der Waals surface area (Å²) < 4.78 is 5.71. The molecule has 100 valence electrons. The Labute approximate surface area is 114 Å². The summed E-state index contributed by atoms with van der Waals surface area (Å²) in [5, 5.41) is 3.98. The van der Waals surface area contributed by atoms with E-state index in [-0.39, 0.29) is 0 Å². The van der Waals surface area contributed by atoms with Crippen LogP contribution in [0.2, 0.25) is 5.02 Å². The van der Waals surface area contributed by atoms with Gasteiger partial charge < -0.3 is 10.1 Å². The summed E-state index contributed by atoms with van der Waals surface area (Å²) in [4.78, 5) is 2.45. The van der Waals surface area contributed by atoms with Gasteiger partial charge in [-0.1, -0.05) is 17.7 Å². The molecule has 18 heavy (non-hydrogen) atoms. The van der Waals surface area contributed by atoms with E-state index in [0.717, 1.165) is 37.8 Å². The number of hydrogen-bond acceptors (Lipinski definition) is 3. The van der Waals surface area contributed by atoms with Gasteiger partial charge in [-0.05, 0) is 37.2 Å². The highest BCUT2D eigenvalue weighted by molar-refractivity contribution is 6.30. The molecule has 0 amide bonds. The van der Waals surface area contributed by atoms with Gasteiger partial charge in [0.05, 0.1) is 12.7 Å². The monoisotopic (exact) mass is 268 g/mol. The van der Waals surface area contributed by atoms with Gasteiger partial charge >= 0.3 is 0 Å². The molecule has 0 aromatic heterocycles. The van der Waals surface area contributed by atoms with Crippen molar-refractivity contribution in [3.63, 3.8) is 0 Å². The van der Waals surface area contributed by atoms with Crippen LogP contribution in [0.25, 0.3) is 0 Å². The summed E-state index contributed by atoms with van der Waals surface area (Å²) in [7, 11) is 1.96. The van der Waals surface area contributed by atoms with Crippen LogP contribution in [-0.2, 0) is 11.3 Å². The van der Waals surface area contributed by atoms with E-state index in [0.29, 0.717) is 6.10 Å². The lowest BCUT2D eigenvalue weighted by atomic mass is 10.1. The zero-order valence-electron chi connectivity index (χ0n) is 11.1. The number of aryl methyl sites for hydroxylation is 1. The molecule has 1 aliphatic rings. The van der Waals surface area contributed by atoms with Crippen LogP contribution in [0.3, 0.4) is 0 Å². The van der Waals surface area contributed by atoms with Crippen LogP contribution in [-0.4, -0.2) is 44.3 Å². The molecule has 0 aliphatic carbocycles. The minimum Gasteiger partial charge on any atom is -0.374 e. The maximum absolute atomic E-state index is 5.98. The van der Waals surface area contributed by atoms with E-state index in [2.05, 4.69) is 23.2 Å². The lowest BCUT2D eigenvalue weighted by molar-refractivity contribution is -0.0291. The van der Waals surface area contributed by atoms with E-state index < -0.39 is 0 Å². The Hall–Kier alpha value is -0.610. The fourth-order valence-electron chi connectivity index (χ4n) is 2.35. The van der Waals surface area contributed by atoms with Gasteiger partial charge in [0.2, 0.25) is 0 Å². The maximum Gasteiger partial charge on any atom is 0.0826 e. The van der Waals surface area contributed by atoms with Crippen LogP contribution in [0.4, 0.5) is 0 Å². The van der Waals surface area contributed by atoms with E-state index in [1.54, 1.807) is 0 Å². The molecule has 1 unspecified atom stereocenters. The van der Waals surface area contributed by atoms with Gasteiger partial charge in [0.25, 0.3) is 0 Å². The molecule has 1 fully saturated rings. The number of nitrogens with zero attached hydrogens (tertiary/aromatic N) is 1. The van der Waals surface area contributed by atoms with Crippen LogP contribution in [0, 0.1) is 6.92 Å². The predicted molar refractivity (Wildman–Crippen MR) is 75.1 cm³/mol. The smallest absolute Gasteiger partial charge is 0.0826 e. The molecule has 1 atom stereocenters. The number of morpholine rings is 1. The second kappa shape index (κ2) is 6.53. The summed E-state index contributed by atoms with van der Waals surface area (Å²) >= 11 is 5.98. The summed E-state index contributed by atoms with van der Waals surface area (Å²) in [5.41, 5.74) is 2.61. The molecule has 0 bridgehead atoms. The average Bonchev–Trinajstić information content (AvgIpc) is 2.34. The van der Waals surface area contributed by atoms with Gasteiger partial charge in [0.1, 0.15) is 0 Å². The lowest BCUT2D eigenvalue weighted by Crippen LogP contribution is -2.45. The molecule has 1 aromatic carbocycles. The molecular weight excluding hydrogens is 248 g/mol. The van der Waals surface area contributed by atoms with Crippen molar-refractivity contribution in [3.8, 4) is 0 Å². The minimum atomic E-state index is 0.302. The largest absolute Gasteiger partial charge is 0.374 e. The van der Waals surface area contributed by atoms with Crippen molar-refractivity contribution in [2.24, 2.45) is 0 Å². The Morgan fingerprint density at radius 3 is 3.06 bits per heavy atom. The molecular formula is C14H21ClN2O. The van der Waals surface area contributed by atoms with Crippen LogP contribution in [0.5, 0.6) is 0 Å². The Bertz CT molecular complexity index is 395. The molecule has 1 heterocycles. The minimum absolute atomic E-state index is 0.302. The van der Waals surface area contributed by atoms with Crippen LogP contribution >= 0.6 is 11.6 Å². The van der Waals surface area contributed by atoms with Crippen molar-refractivity contribution in [3.05, 3.63) is 34.3 Å². The molecule has 0 spiro atoms. The van der Waals surface area contributed by atoms with Gasteiger partial charge in [0, 0.05) is 31.2 Å². The fourth-order valence-corrected chi connectivity index (χ4v) is 2.58. The van der Waals surface area contributed by atoms with Crippen molar-refractivity contribution in [2.75, 3.05) is 33.3 Å². The van der Waals surface area contributed by atoms with Crippen molar-refractivity contribution in [1.82, 2.24) is 10.2 Å². The van der Waals surface area contributed by atoms with E-state index in [4.69, 9.17) is 16.3 Å². The molecule has 1 aliphatic heterocycles. The molecule has 1 aromatic rings. The first kappa shape index (κ1) is 13.8. The van der Waals surface area contributed by atoms with Crippen molar-refractivity contribution in [2.45, 2.75) is 19.6 Å². The Balaban J connectivity index is 1.96. The summed E-state index contributed by atoms with van der Waals surface area (Å²) in [6.45, 7) is 6.82. The molecule has 0 saturated carbocycles. The van der Waals surface area contributed by atoms with E-state index in [1.807, 2.05) is 19.2 Å². The predicted octanol–water partition coefficient (Wildman–Crippen LogP) is 2.07. The molecule has 1 saturated heterocycles. The quantitative estimate of drug-likeness (QED) is 0.905. The third-order valence-electron chi connectivity index (χ3n) is 3.35. The number of hydrogen-bond donors (Lipinski definition) is 1. The Morgan fingerprint density at radius 1 is 1.50 bits per heavy atom. The van der Waals surface area contributed by atoms with Gasteiger partial charge in [-0.25, -0.2) is 0 Å². The molecule has 4 heteroatoms. The van der Waals surface area contributed by atoms with Crippen LogP contribution in [0.15, 0.2) is 18.2 Å². The molecule has 0 radical (unpaired) electrons. The van der Waals surface area contributed by atoms with Crippen molar-refractivity contribution < 1.29 is 4.74 Å². The first-order chi connectivity index (χ1) is 8.69. The third kappa shape index (κ3) is 3.69. The Kier molecular flexibility index (Phi) is 5.01. The number of nitrogens with one attached hydrogen (secondary N) is 1. The van der Waals surface area contributed by atoms with Gasteiger partial charge in [-0.3, -0.25) is 4.90 Å². The summed E-state index contributed by atoms with van der Waals surface area (Å²) in [6, 6.07) is 6.12. The van der Waals surface area contributed by atoms with E-state index in [9.17, 15) is 0 Å². The topological polar surface area (TPSA) is 24.5 Å². The standard InChI is InChI=1S/C14H21ClN2O/c1-11-7-13(15)4-3-12(11)9-17-5-6-18-14(10-17)8-16-2/h3-4,7,14,16H,5-6,8-10H2,1-2H3. The van der Waals surface area contributed by atoms with Gasteiger partial charge in [-0.2, -0.15) is 0 Å². The number of rotatable bonds is 4. The van der Waals surface area contributed by atoms with E-state index in [1.165, 1.54) is 11.1 Å². The van der Waals surface area contributed by atoms with Crippen molar-refractivity contribution in [1.29, 1.82) is 0 Å². The van der Waals surface area contributed by atoms with E-state index >= 15 is 0 Å². The zero-order valence-corrected chi connectivity index (χ0v) is 11.8. The highest BCUT2D eigenvalue weighted by atomic mass is 35.5. The fraction of sp³-hybridized carbons (Fsp3) is 0.571. The van der Waals surface area contributed by atoms with Crippen molar-refractivity contribution >= 4 is 11.6 Å². The second-order valence-corrected chi connectivity index (χ2v) is 5.29. The second-order valence-electron chi connectivity index (χ2n) is 4.86. The van der Waals surface area contributed by atoms with Crippen LogP contribution in [0.1, 0.15) is 11.1 Å². The molecule has 1 N–H and O–H groups in total. The highest BCUT2D eigenvalue weighted by Gasteiger charge is 2.20. The summed E-state index contributed by atoms with van der Waals surface area (Å²) in [5.74, 6) is 0. The molecule has 2 rings (SSSR count). The first-order valence-corrected chi connectivity index (χ1v) is 6.80. The highest BCUT2D eigenvalue weighted by Crippen LogP contribution is 2.18. The Morgan fingerprint density at radius 2 is 2.33 bits per heavy atom. The SMILES string of the molecule is CNCC1CN(Cc2ccc(Cl)cc2C)CCO1. The number of likely N-dealkylation sites (N-methyl/N-ethyl adjacent to an activating group) is 1. The number of ether oxygens (including phenoxy) is 1. The maximum atomic E-state index is 5.98. The average molecular weight is 269 g/mol.